The molecule has 2 aliphatic rings. The van der Waals surface area contributed by atoms with Crippen molar-refractivity contribution >= 4 is 36.5 Å². The number of hydrogen-bond acceptors (Lipinski definition) is 4. The van der Waals surface area contributed by atoms with E-state index in [4.69, 9.17) is 5.73 Å². The number of nitrogens with one attached hydrogen (secondary N) is 1. The second-order valence-corrected chi connectivity index (χ2v) is 6.73. The molecule has 1 aromatic heterocycles. The summed E-state index contributed by atoms with van der Waals surface area (Å²) in [6.07, 6.45) is 6.45. The van der Waals surface area contributed by atoms with E-state index in [0.29, 0.717) is 18.0 Å². The van der Waals surface area contributed by atoms with Gasteiger partial charge in [-0.25, -0.2) is 4.98 Å². The van der Waals surface area contributed by atoms with Crippen molar-refractivity contribution in [3.05, 3.63) is 23.9 Å². The first-order valence-electron chi connectivity index (χ1n) is 8.39. The fraction of sp³-hybridized carbons (Fsp3) is 0.647. The number of amides is 1. The molecule has 7 heteroatoms. The lowest BCUT2D eigenvalue weighted by Crippen LogP contribution is -2.41. The predicted octanol–water partition coefficient (Wildman–Crippen LogP) is 2.63. The molecule has 3 rings (SSSR count). The number of halogens is 2. The summed E-state index contributed by atoms with van der Waals surface area (Å²) in [5.74, 6) is 2.28. The molecule has 1 amide bonds. The second kappa shape index (κ2) is 9.44. The summed E-state index contributed by atoms with van der Waals surface area (Å²) >= 11 is 0. The molecule has 1 saturated heterocycles. The molecular formula is C17H28Cl2N4O. The van der Waals surface area contributed by atoms with Gasteiger partial charge >= 0.3 is 0 Å². The quantitative estimate of drug-likeness (QED) is 0.830. The van der Waals surface area contributed by atoms with E-state index in [2.05, 4.69) is 22.1 Å². The molecule has 3 N–H and O–H groups in total. The smallest absolute Gasteiger partial charge is 0.253 e. The molecular weight excluding hydrogens is 347 g/mol. The average molecular weight is 375 g/mol. The van der Waals surface area contributed by atoms with Crippen molar-refractivity contribution in [3.63, 3.8) is 0 Å². The van der Waals surface area contributed by atoms with E-state index >= 15 is 0 Å². The highest BCUT2D eigenvalue weighted by Crippen LogP contribution is 2.32. The van der Waals surface area contributed by atoms with Crippen molar-refractivity contribution in [1.29, 1.82) is 0 Å². The van der Waals surface area contributed by atoms with Gasteiger partial charge in [0.2, 0.25) is 0 Å². The third-order valence-corrected chi connectivity index (χ3v) is 4.88. The highest BCUT2D eigenvalue weighted by molar-refractivity contribution is 5.94. The van der Waals surface area contributed by atoms with E-state index in [9.17, 15) is 4.79 Å². The van der Waals surface area contributed by atoms with E-state index in [1.54, 1.807) is 6.20 Å². The lowest BCUT2D eigenvalue weighted by atomic mass is 9.99. The van der Waals surface area contributed by atoms with Crippen molar-refractivity contribution in [2.75, 3.05) is 24.5 Å². The number of carbonyl (C=O) groups excluding carboxylic acids is 1. The maximum atomic E-state index is 12.3. The van der Waals surface area contributed by atoms with Gasteiger partial charge < -0.3 is 16.0 Å². The van der Waals surface area contributed by atoms with E-state index in [-0.39, 0.29) is 36.8 Å². The van der Waals surface area contributed by atoms with Gasteiger partial charge in [-0.15, -0.1) is 24.8 Å². The standard InChI is InChI=1S/C17H26N4O.2ClH/c1-12-6-8-21(9-7-12)16-5-4-14(11-19-16)17(22)20-15(10-18)13-2-3-13;;/h4-5,11-13,15H,2-3,6-10,18H2,1H3,(H,20,22);2*1H. The zero-order valence-electron chi connectivity index (χ0n) is 14.1. The number of hydrogen-bond donors (Lipinski definition) is 2. The molecule has 0 spiro atoms. The van der Waals surface area contributed by atoms with Crippen LogP contribution >= 0.6 is 24.8 Å². The Morgan fingerprint density at radius 2 is 1.96 bits per heavy atom. The summed E-state index contributed by atoms with van der Waals surface area (Å²) in [6, 6.07) is 3.94. The Morgan fingerprint density at radius 3 is 2.46 bits per heavy atom. The summed E-state index contributed by atoms with van der Waals surface area (Å²) in [5.41, 5.74) is 6.35. The lowest BCUT2D eigenvalue weighted by Gasteiger charge is -2.31. The van der Waals surface area contributed by atoms with Crippen LogP contribution < -0.4 is 16.0 Å². The van der Waals surface area contributed by atoms with Crippen molar-refractivity contribution in [3.8, 4) is 0 Å². The number of carbonyl (C=O) groups is 1. The highest BCUT2D eigenvalue weighted by Gasteiger charge is 2.31. The fourth-order valence-corrected chi connectivity index (χ4v) is 3.06. The Labute approximate surface area is 156 Å². The molecule has 2 fully saturated rings. The third kappa shape index (κ3) is 5.23. The Morgan fingerprint density at radius 1 is 1.29 bits per heavy atom. The molecule has 1 aliphatic heterocycles. The number of nitrogens with two attached hydrogens (primary N) is 1. The first-order chi connectivity index (χ1) is 10.7. The largest absolute Gasteiger partial charge is 0.357 e. The summed E-state index contributed by atoms with van der Waals surface area (Å²) in [6.45, 7) is 4.91. The molecule has 5 nitrogen and oxygen atoms in total. The topological polar surface area (TPSA) is 71.2 Å². The van der Waals surface area contributed by atoms with Crippen LogP contribution in [0.2, 0.25) is 0 Å². The molecule has 1 saturated carbocycles. The van der Waals surface area contributed by atoms with Gasteiger partial charge in [0.15, 0.2) is 0 Å². The molecule has 1 aliphatic carbocycles. The first kappa shape index (κ1) is 21.0. The van der Waals surface area contributed by atoms with Gasteiger partial charge in [0.25, 0.3) is 5.91 Å². The van der Waals surface area contributed by atoms with Crippen LogP contribution in [0.1, 0.15) is 43.0 Å². The molecule has 1 aromatic rings. The van der Waals surface area contributed by atoms with Crippen LogP contribution in [0, 0.1) is 11.8 Å². The number of rotatable bonds is 5. The lowest BCUT2D eigenvalue weighted by molar-refractivity contribution is 0.0933. The zero-order chi connectivity index (χ0) is 15.5. The van der Waals surface area contributed by atoms with Crippen molar-refractivity contribution in [2.45, 2.75) is 38.6 Å². The van der Waals surface area contributed by atoms with Crippen molar-refractivity contribution in [2.24, 2.45) is 17.6 Å². The van der Waals surface area contributed by atoms with Crippen molar-refractivity contribution in [1.82, 2.24) is 10.3 Å². The fourth-order valence-electron chi connectivity index (χ4n) is 3.06. The predicted molar refractivity (Wildman–Crippen MR) is 102 cm³/mol. The number of piperidine rings is 1. The van der Waals surface area contributed by atoms with E-state index < -0.39 is 0 Å². The monoisotopic (exact) mass is 374 g/mol. The normalized spacial score (nSPS) is 19.0. The SMILES string of the molecule is CC1CCN(c2ccc(C(=O)NC(CN)C3CC3)cn2)CC1.Cl.Cl. The van der Waals surface area contributed by atoms with Crippen LogP contribution in [0.5, 0.6) is 0 Å². The van der Waals surface area contributed by atoms with Crippen LogP contribution in [-0.4, -0.2) is 36.6 Å². The third-order valence-electron chi connectivity index (χ3n) is 4.88. The van der Waals surface area contributed by atoms with Gasteiger partial charge in [-0.3, -0.25) is 4.79 Å². The van der Waals surface area contributed by atoms with Crippen LogP contribution in [0.3, 0.4) is 0 Å². The zero-order valence-corrected chi connectivity index (χ0v) is 15.7. The number of aromatic nitrogens is 1. The molecule has 136 valence electrons. The van der Waals surface area contributed by atoms with Gasteiger partial charge in [-0.1, -0.05) is 6.92 Å². The summed E-state index contributed by atoms with van der Waals surface area (Å²) < 4.78 is 0. The Kier molecular flexibility index (Phi) is 8.27. The molecule has 2 heterocycles. The summed E-state index contributed by atoms with van der Waals surface area (Å²) in [7, 11) is 0. The van der Waals surface area contributed by atoms with E-state index in [1.807, 2.05) is 12.1 Å². The Bertz CT molecular complexity index is 514. The first-order valence-corrected chi connectivity index (χ1v) is 8.39. The van der Waals surface area contributed by atoms with Crippen molar-refractivity contribution < 1.29 is 4.79 Å². The van der Waals surface area contributed by atoms with Crippen LogP contribution in [0.4, 0.5) is 5.82 Å². The minimum atomic E-state index is -0.0614. The van der Waals surface area contributed by atoms with Gasteiger partial charge in [-0.2, -0.15) is 0 Å². The Hall–Kier alpha value is -1.04. The number of nitrogens with zero attached hydrogens (tertiary/aromatic N) is 2. The van der Waals surface area contributed by atoms with Gasteiger partial charge in [0.1, 0.15) is 5.82 Å². The summed E-state index contributed by atoms with van der Waals surface area (Å²) in [4.78, 5) is 19.0. The maximum Gasteiger partial charge on any atom is 0.253 e. The number of pyridine rings is 1. The molecule has 1 atom stereocenters. The summed E-state index contributed by atoms with van der Waals surface area (Å²) in [5, 5.41) is 3.03. The van der Waals surface area contributed by atoms with Gasteiger partial charge in [0.05, 0.1) is 5.56 Å². The van der Waals surface area contributed by atoms with Crippen LogP contribution in [-0.2, 0) is 0 Å². The molecule has 0 aromatic carbocycles. The Balaban J connectivity index is 0.00000144. The molecule has 0 radical (unpaired) electrons. The van der Waals surface area contributed by atoms with Gasteiger partial charge in [-0.05, 0) is 49.7 Å². The average Bonchev–Trinajstić information content (AvgIpc) is 3.38. The van der Waals surface area contributed by atoms with Crippen LogP contribution in [0.25, 0.3) is 0 Å². The minimum absolute atomic E-state index is 0. The highest BCUT2D eigenvalue weighted by atomic mass is 35.5. The molecule has 1 unspecified atom stereocenters. The van der Waals surface area contributed by atoms with E-state index in [1.165, 1.54) is 25.7 Å². The molecule has 24 heavy (non-hydrogen) atoms. The second-order valence-electron chi connectivity index (χ2n) is 6.73. The maximum absolute atomic E-state index is 12.3. The number of anilines is 1. The minimum Gasteiger partial charge on any atom is -0.357 e. The van der Waals surface area contributed by atoms with Crippen LogP contribution in [0.15, 0.2) is 18.3 Å². The molecule has 0 bridgehead atoms. The van der Waals surface area contributed by atoms with Gasteiger partial charge in [0, 0.05) is 31.9 Å². The van der Waals surface area contributed by atoms with E-state index in [0.717, 1.165) is 24.8 Å².